The molecule has 1 radical (unpaired) electrons. The van der Waals surface area contributed by atoms with E-state index in [4.69, 9.17) is 13.3 Å². The van der Waals surface area contributed by atoms with Crippen LogP contribution in [0, 0.1) is 0 Å². The molecule has 3 nitrogen and oxygen atoms in total. The fraction of sp³-hybridized carbons (Fsp3) is 1.00. The van der Waals surface area contributed by atoms with Crippen molar-refractivity contribution >= 4 is 9.53 Å². The third kappa shape index (κ3) is 7.38. The first-order valence-corrected chi connectivity index (χ1v) is 7.62. The van der Waals surface area contributed by atoms with E-state index >= 15 is 0 Å². The molecule has 16 heavy (non-hydrogen) atoms. The summed E-state index contributed by atoms with van der Waals surface area (Å²) in [5.74, 6) is 0. The Morgan fingerprint density at radius 1 is 0.688 bits per heavy atom. The Bertz CT molecular complexity index is 138. The molecule has 97 valence electrons. The van der Waals surface area contributed by atoms with E-state index in [-0.39, 0.29) is 18.3 Å². The van der Waals surface area contributed by atoms with E-state index < -0.39 is 9.53 Å². The molecule has 3 atom stereocenters. The summed E-state index contributed by atoms with van der Waals surface area (Å²) < 4.78 is 17.4. The van der Waals surface area contributed by atoms with Gasteiger partial charge in [-0.2, -0.15) is 0 Å². The molecule has 0 aliphatic carbocycles. The van der Waals surface area contributed by atoms with Crippen molar-refractivity contribution in [1.29, 1.82) is 0 Å². The first-order chi connectivity index (χ1) is 7.53. The molecular weight excluding hydrogens is 220 g/mol. The van der Waals surface area contributed by atoms with Gasteiger partial charge in [0.1, 0.15) is 0 Å². The second-order valence-corrected chi connectivity index (χ2v) is 5.47. The van der Waals surface area contributed by atoms with Crippen LogP contribution in [0.5, 0.6) is 0 Å². The molecule has 0 saturated heterocycles. The molecule has 0 heterocycles. The summed E-state index contributed by atoms with van der Waals surface area (Å²) in [4.78, 5) is 0. The van der Waals surface area contributed by atoms with Crippen LogP contribution < -0.4 is 0 Å². The van der Waals surface area contributed by atoms with Crippen LogP contribution in [0.4, 0.5) is 0 Å². The fourth-order valence-electron chi connectivity index (χ4n) is 0.826. The van der Waals surface area contributed by atoms with Crippen LogP contribution >= 0.6 is 0 Å². The SMILES string of the molecule is CCC(C)O[Si](OC(C)CC)OC(C)CC. The molecule has 3 unspecified atom stereocenters. The molecule has 0 N–H and O–H groups in total. The van der Waals surface area contributed by atoms with Gasteiger partial charge in [0.2, 0.25) is 0 Å². The van der Waals surface area contributed by atoms with Gasteiger partial charge in [-0.05, 0) is 40.0 Å². The highest BCUT2D eigenvalue weighted by Crippen LogP contribution is 2.09. The zero-order valence-electron chi connectivity index (χ0n) is 11.6. The minimum atomic E-state index is -1.58. The van der Waals surface area contributed by atoms with Gasteiger partial charge in [0.15, 0.2) is 0 Å². The predicted molar refractivity (Wildman–Crippen MR) is 68.3 cm³/mol. The summed E-state index contributed by atoms with van der Waals surface area (Å²) in [5.41, 5.74) is 0. The van der Waals surface area contributed by atoms with Crippen molar-refractivity contribution in [3.63, 3.8) is 0 Å². The van der Waals surface area contributed by atoms with Gasteiger partial charge in [-0.25, -0.2) is 0 Å². The van der Waals surface area contributed by atoms with E-state index in [1.807, 2.05) is 0 Å². The lowest BCUT2D eigenvalue weighted by Crippen LogP contribution is -2.36. The lowest BCUT2D eigenvalue weighted by Gasteiger charge is -2.23. The zero-order chi connectivity index (χ0) is 12.6. The largest absolute Gasteiger partial charge is 0.578 e. The van der Waals surface area contributed by atoms with Gasteiger partial charge in [0.05, 0.1) is 0 Å². The van der Waals surface area contributed by atoms with Crippen LogP contribution in [-0.4, -0.2) is 27.8 Å². The predicted octanol–water partition coefficient (Wildman–Crippen LogP) is 3.42. The summed E-state index contributed by atoms with van der Waals surface area (Å²) in [6, 6.07) is 0. The number of hydrogen-bond donors (Lipinski definition) is 0. The Kier molecular flexibility index (Phi) is 9.22. The lowest BCUT2D eigenvalue weighted by atomic mass is 10.3. The van der Waals surface area contributed by atoms with Crippen molar-refractivity contribution in [3.8, 4) is 0 Å². The second kappa shape index (κ2) is 9.16. The average molecular weight is 247 g/mol. The van der Waals surface area contributed by atoms with Crippen LogP contribution in [0.15, 0.2) is 0 Å². The average Bonchev–Trinajstić information content (AvgIpc) is 2.28. The molecule has 0 rings (SSSR count). The fourth-order valence-corrected chi connectivity index (χ4v) is 2.48. The van der Waals surface area contributed by atoms with E-state index in [1.165, 1.54) is 0 Å². The van der Waals surface area contributed by atoms with Crippen LogP contribution in [0.25, 0.3) is 0 Å². The van der Waals surface area contributed by atoms with Crippen LogP contribution in [-0.2, 0) is 13.3 Å². The molecular formula is C12H27O3Si. The van der Waals surface area contributed by atoms with Crippen molar-refractivity contribution in [2.75, 3.05) is 0 Å². The first-order valence-electron chi connectivity index (χ1n) is 6.40. The zero-order valence-corrected chi connectivity index (χ0v) is 12.6. The third-order valence-electron chi connectivity index (χ3n) is 2.62. The molecule has 0 amide bonds. The molecule has 0 aromatic heterocycles. The van der Waals surface area contributed by atoms with Gasteiger partial charge < -0.3 is 13.3 Å². The molecule has 0 spiro atoms. The van der Waals surface area contributed by atoms with Gasteiger partial charge in [-0.1, -0.05) is 20.8 Å². The number of hydrogen-bond acceptors (Lipinski definition) is 3. The van der Waals surface area contributed by atoms with Crippen molar-refractivity contribution in [1.82, 2.24) is 0 Å². The van der Waals surface area contributed by atoms with Crippen molar-refractivity contribution in [2.24, 2.45) is 0 Å². The molecule has 0 aliphatic rings. The third-order valence-corrected chi connectivity index (χ3v) is 4.40. The molecule has 0 aromatic carbocycles. The van der Waals surface area contributed by atoms with Crippen LogP contribution in [0.3, 0.4) is 0 Å². The molecule has 0 fully saturated rings. The van der Waals surface area contributed by atoms with Crippen LogP contribution in [0.1, 0.15) is 60.8 Å². The molecule has 4 heteroatoms. The van der Waals surface area contributed by atoms with Crippen molar-refractivity contribution in [3.05, 3.63) is 0 Å². The van der Waals surface area contributed by atoms with Crippen molar-refractivity contribution in [2.45, 2.75) is 79.1 Å². The van der Waals surface area contributed by atoms with Gasteiger partial charge in [0.25, 0.3) is 0 Å². The maximum Gasteiger partial charge on any atom is 0.578 e. The molecule has 0 bridgehead atoms. The van der Waals surface area contributed by atoms with Gasteiger partial charge in [-0.3, -0.25) is 0 Å². The second-order valence-electron chi connectivity index (χ2n) is 4.26. The summed E-state index contributed by atoms with van der Waals surface area (Å²) in [6.45, 7) is 12.5. The van der Waals surface area contributed by atoms with Gasteiger partial charge >= 0.3 is 9.53 Å². The van der Waals surface area contributed by atoms with E-state index in [0.717, 1.165) is 19.3 Å². The van der Waals surface area contributed by atoms with E-state index in [9.17, 15) is 0 Å². The Labute approximate surface area is 102 Å². The Morgan fingerprint density at radius 2 is 0.938 bits per heavy atom. The normalized spacial score (nSPS) is 17.4. The summed E-state index contributed by atoms with van der Waals surface area (Å²) in [5, 5.41) is 0. The van der Waals surface area contributed by atoms with E-state index in [2.05, 4.69) is 41.5 Å². The quantitative estimate of drug-likeness (QED) is 0.584. The smallest absolute Gasteiger partial charge is 0.368 e. The monoisotopic (exact) mass is 247 g/mol. The highest BCUT2D eigenvalue weighted by molar-refractivity contribution is 6.36. The van der Waals surface area contributed by atoms with E-state index in [1.54, 1.807) is 0 Å². The minimum Gasteiger partial charge on any atom is -0.368 e. The Balaban J connectivity index is 4.15. The highest BCUT2D eigenvalue weighted by Gasteiger charge is 2.26. The van der Waals surface area contributed by atoms with Crippen molar-refractivity contribution < 1.29 is 13.3 Å². The maximum absolute atomic E-state index is 5.80. The van der Waals surface area contributed by atoms with Gasteiger partial charge in [-0.15, -0.1) is 0 Å². The lowest BCUT2D eigenvalue weighted by molar-refractivity contribution is 0.0181. The highest BCUT2D eigenvalue weighted by atomic mass is 28.3. The topological polar surface area (TPSA) is 27.7 Å². The Morgan fingerprint density at radius 3 is 1.12 bits per heavy atom. The summed E-state index contributed by atoms with van der Waals surface area (Å²) in [6.07, 6.45) is 3.59. The molecule has 0 aromatic rings. The first kappa shape index (κ1) is 16.1. The van der Waals surface area contributed by atoms with Crippen LogP contribution in [0.2, 0.25) is 0 Å². The van der Waals surface area contributed by atoms with E-state index in [0.29, 0.717) is 0 Å². The summed E-state index contributed by atoms with van der Waals surface area (Å²) in [7, 11) is -1.58. The molecule has 0 saturated carbocycles. The maximum atomic E-state index is 5.80. The minimum absolute atomic E-state index is 0.210. The van der Waals surface area contributed by atoms with Gasteiger partial charge in [0, 0.05) is 18.3 Å². The summed E-state index contributed by atoms with van der Waals surface area (Å²) >= 11 is 0. The molecule has 0 aliphatic heterocycles. The Hall–Kier alpha value is 0.0969. The number of rotatable bonds is 9. The standard InChI is InChI=1S/C12H27O3Si/c1-7-10(4)13-16(14-11(5)8-2)15-12(6)9-3/h10-12H,7-9H2,1-6H3.